The molecule has 0 radical (unpaired) electrons. The number of rotatable bonds is 5. The summed E-state index contributed by atoms with van der Waals surface area (Å²) in [5, 5.41) is 18.7. The average molecular weight is 371 g/mol. The van der Waals surface area contributed by atoms with Gasteiger partial charge < -0.3 is 14.9 Å². The number of fused-ring (bicyclic) bond motifs is 2. The summed E-state index contributed by atoms with van der Waals surface area (Å²) >= 11 is 0. The highest BCUT2D eigenvalue weighted by Gasteiger charge is 2.32. The smallest absolute Gasteiger partial charge is 0.423 e. The van der Waals surface area contributed by atoms with Crippen LogP contribution in [-0.2, 0) is 0 Å². The van der Waals surface area contributed by atoms with Crippen molar-refractivity contribution in [2.75, 3.05) is 11.4 Å². The van der Waals surface area contributed by atoms with Gasteiger partial charge in [-0.25, -0.2) is 0 Å². The molecule has 2 aromatic rings. The van der Waals surface area contributed by atoms with Gasteiger partial charge in [-0.05, 0) is 41.6 Å². The van der Waals surface area contributed by atoms with E-state index in [1.54, 1.807) is 12.1 Å². The number of hydrogen-bond donors (Lipinski definition) is 2. The topological polar surface area (TPSA) is 43.7 Å². The number of hydrogen-bond acceptors (Lipinski definition) is 3. The van der Waals surface area contributed by atoms with Gasteiger partial charge in [0.1, 0.15) is 0 Å². The van der Waals surface area contributed by atoms with Crippen molar-refractivity contribution < 1.29 is 10.0 Å². The van der Waals surface area contributed by atoms with Gasteiger partial charge in [-0.3, -0.25) is 0 Å². The van der Waals surface area contributed by atoms with E-state index in [2.05, 4.69) is 60.4 Å². The molecular formula is C24H26BNO2. The van der Waals surface area contributed by atoms with E-state index in [0.717, 1.165) is 18.5 Å². The van der Waals surface area contributed by atoms with E-state index in [9.17, 15) is 10.0 Å². The van der Waals surface area contributed by atoms with Crippen molar-refractivity contribution in [3.05, 3.63) is 83.6 Å². The minimum Gasteiger partial charge on any atom is -0.423 e. The summed E-state index contributed by atoms with van der Waals surface area (Å²) in [6.45, 7) is 3.28. The van der Waals surface area contributed by atoms with Crippen LogP contribution in [0.5, 0.6) is 0 Å². The van der Waals surface area contributed by atoms with Crippen LogP contribution in [0.4, 0.5) is 5.69 Å². The SMILES string of the molecule is CCCCN1C2=CC=CCC2/C(=C/c2ccc(B(O)O)cc2)c2ccccc21. The number of benzene rings is 2. The van der Waals surface area contributed by atoms with Gasteiger partial charge in [0.2, 0.25) is 0 Å². The molecule has 1 aliphatic carbocycles. The standard InChI is InChI=1S/C24H26BNO2/c1-2-3-16-26-23-10-6-4-8-20(23)22(21-9-5-7-11-24(21)26)17-18-12-14-19(15-13-18)25(27)28/h4-8,10-15,17,21,27-28H,2-3,9,16H2,1H3/b22-17+. The van der Waals surface area contributed by atoms with E-state index in [1.807, 2.05) is 12.1 Å². The number of unbranched alkanes of at least 4 members (excludes halogenated alkanes) is 1. The van der Waals surface area contributed by atoms with Gasteiger partial charge in [0.05, 0.1) is 0 Å². The maximum Gasteiger partial charge on any atom is 0.488 e. The Morgan fingerprint density at radius 2 is 1.89 bits per heavy atom. The molecule has 1 atom stereocenters. The fraction of sp³-hybridized carbons (Fsp3) is 0.250. The largest absolute Gasteiger partial charge is 0.488 e. The van der Waals surface area contributed by atoms with E-state index in [0.29, 0.717) is 11.4 Å². The Bertz CT molecular complexity index is 928. The van der Waals surface area contributed by atoms with Crippen molar-refractivity contribution in [1.29, 1.82) is 0 Å². The maximum atomic E-state index is 9.34. The van der Waals surface area contributed by atoms with E-state index >= 15 is 0 Å². The molecule has 2 N–H and O–H groups in total. The molecule has 3 nitrogen and oxygen atoms in total. The summed E-state index contributed by atoms with van der Waals surface area (Å²) < 4.78 is 0. The van der Waals surface area contributed by atoms with E-state index in [1.165, 1.54) is 35.4 Å². The van der Waals surface area contributed by atoms with E-state index in [4.69, 9.17) is 0 Å². The molecule has 1 heterocycles. The maximum absolute atomic E-state index is 9.34. The lowest BCUT2D eigenvalue weighted by Gasteiger charge is -2.41. The van der Waals surface area contributed by atoms with Crippen molar-refractivity contribution in [1.82, 2.24) is 0 Å². The van der Waals surface area contributed by atoms with Crippen molar-refractivity contribution in [3.63, 3.8) is 0 Å². The Balaban J connectivity index is 1.80. The minimum absolute atomic E-state index is 0.347. The second-order valence-electron chi connectivity index (χ2n) is 7.47. The first-order valence-electron chi connectivity index (χ1n) is 10.1. The van der Waals surface area contributed by atoms with Crippen LogP contribution >= 0.6 is 0 Å². The average Bonchev–Trinajstić information content (AvgIpc) is 2.73. The van der Waals surface area contributed by atoms with Crippen molar-refractivity contribution in [2.45, 2.75) is 26.2 Å². The third-order valence-corrected chi connectivity index (χ3v) is 5.62. The van der Waals surface area contributed by atoms with Crippen LogP contribution in [0.3, 0.4) is 0 Å². The first-order valence-corrected chi connectivity index (χ1v) is 10.1. The fourth-order valence-electron chi connectivity index (χ4n) is 4.15. The van der Waals surface area contributed by atoms with Gasteiger partial charge in [-0.2, -0.15) is 0 Å². The third kappa shape index (κ3) is 3.58. The highest BCUT2D eigenvalue weighted by molar-refractivity contribution is 6.58. The Morgan fingerprint density at radius 1 is 1.11 bits per heavy atom. The Hall–Kier alpha value is -2.56. The first kappa shape index (κ1) is 18.8. The minimum atomic E-state index is -1.43. The summed E-state index contributed by atoms with van der Waals surface area (Å²) in [6.07, 6.45) is 12.3. The van der Waals surface area contributed by atoms with Gasteiger partial charge >= 0.3 is 7.12 Å². The number of allylic oxidation sites excluding steroid dienone is 4. The predicted molar refractivity (Wildman–Crippen MR) is 118 cm³/mol. The summed E-state index contributed by atoms with van der Waals surface area (Å²) in [7, 11) is -1.43. The Labute approximate surface area is 167 Å². The summed E-state index contributed by atoms with van der Waals surface area (Å²) in [5.74, 6) is 0.347. The molecule has 4 heteroatoms. The van der Waals surface area contributed by atoms with Crippen LogP contribution in [0.15, 0.2) is 72.5 Å². The number of nitrogens with zero attached hydrogens (tertiary/aromatic N) is 1. The zero-order valence-corrected chi connectivity index (χ0v) is 16.3. The van der Waals surface area contributed by atoms with Crippen LogP contribution in [0.2, 0.25) is 0 Å². The Morgan fingerprint density at radius 3 is 2.64 bits per heavy atom. The second kappa shape index (κ2) is 8.21. The highest BCUT2D eigenvalue weighted by atomic mass is 16.4. The summed E-state index contributed by atoms with van der Waals surface area (Å²) in [5.41, 5.74) is 6.87. The van der Waals surface area contributed by atoms with Crippen LogP contribution < -0.4 is 10.4 Å². The molecule has 0 saturated carbocycles. The van der Waals surface area contributed by atoms with Gasteiger partial charge in [-0.1, -0.05) is 74.0 Å². The molecule has 0 fully saturated rings. The van der Waals surface area contributed by atoms with Gasteiger partial charge in [-0.15, -0.1) is 0 Å². The fourth-order valence-corrected chi connectivity index (χ4v) is 4.15. The molecule has 0 bridgehead atoms. The lowest BCUT2D eigenvalue weighted by molar-refractivity contribution is 0.426. The van der Waals surface area contributed by atoms with Gasteiger partial charge in [0, 0.05) is 29.4 Å². The molecule has 0 saturated heterocycles. The molecule has 28 heavy (non-hydrogen) atoms. The van der Waals surface area contributed by atoms with Crippen LogP contribution in [0, 0.1) is 5.92 Å². The van der Waals surface area contributed by atoms with Crippen LogP contribution in [-0.4, -0.2) is 23.7 Å². The molecule has 1 aliphatic heterocycles. The molecule has 2 aliphatic rings. The molecule has 1 unspecified atom stereocenters. The summed E-state index contributed by atoms with van der Waals surface area (Å²) in [4.78, 5) is 2.50. The molecule has 4 rings (SSSR count). The van der Waals surface area contributed by atoms with Crippen molar-refractivity contribution in [3.8, 4) is 0 Å². The van der Waals surface area contributed by atoms with Crippen molar-refractivity contribution in [2.24, 2.45) is 5.92 Å². The zero-order valence-electron chi connectivity index (χ0n) is 16.3. The second-order valence-corrected chi connectivity index (χ2v) is 7.47. The normalized spacial score (nSPS) is 19.2. The third-order valence-electron chi connectivity index (χ3n) is 5.62. The lowest BCUT2D eigenvalue weighted by Crippen LogP contribution is -2.34. The summed E-state index contributed by atoms with van der Waals surface area (Å²) in [6, 6.07) is 16.1. The molecule has 0 spiro atoms. The quantitative estimate of drug-likeness (QED) is 0.782. The molecule has 2 aromatic carbocycles. The highest BCUT2D eigenvalue weighted by Crippen LogP contribution is 2.47. The molecule has 0 aromatic heterocycles. The van der Waals surface area contributed by atoms with E-state index < -0.39 is 7.12 Å². The predicted octanol–water partition coefficient (Wildman–Crippen LogP) is 3.99. The van der Waals surface area contributed by atoms with Gasteiger partial charge in [0.25, 0.3) is 0 Å². The molecule has 142 valence electrons. The first-order chi connectivity index (χ1) is 13.7. The monoisotopic (exact) mass is 371 g/mol. The molecular weight excluding hydrogens is 345 g/mol. The Kier molecular flexibility index (Phi) is 5.51. The van der Waals surface area contributed by atoms with E-state index in [-0.39, 0.29) is 0 Å². The zero-order chi connectivity index (χ0) is 19.5. The molecule has 0 amide bonds. The van der Waals surface area contributed by atoms with Crippen LogP contribution in [0.1, 0.15) is 37.3 Å². The lowest BCUT2D eigenvalue weighted by atomic mass is 9.78. The van der Waals surface area contributed by atoms with Crippen molar-refractivity contribution >= 4 is 29.9 Å². The number of anilines is 1. The van der Waals surface area contributed by atoms with Crippen LogP contribution in [0.25, 0.3) is 11.6 Å². The number of para-hydroxylation sites is 1. The van der Waals surface area contributed by atoms with Gasteiger partial charge in [0.15, 0.2) is 0 Å².